The van der Waals surface area contributed by atoms with E-state index in [9.17, 15) is 9.18 Å². The zero-order chi connectivity index (χ0) is 18.7. The van der Waals surface area contributed by atoms with Gasteiger partial charge in [0.15, 0.2) is 0 Å². The lowest BCUT2D eigenvalue weighted by Gasteiger charge is -2.07. The summed E-state index contributed by atoms with van der Waals surface area (Å²) in [7, 11) is 0. The van der Waals surface area contributed by atoms with Gasteiger partial charge in [-0.25, -0.2) is 13.8 Å². The Morgan fingerprint density at radius 2 is 1.92 bits per heavy atom. The van der Waals surface area contributed by atoms with E-state index >= 15 is 0 Å². The molecule has 0 saturated carbocycles. The Kier molecular flexibility index (Phi) is 5.06. The summed E-state index contributed by atoms with van der Waals surface area (Å²) in [5, 5.41) is 18.5. The number of carbonyl (C=O) groups excluding carboxylic acids is 1. The molecule has 9 heteroatoms. The monoisotopic (exact) mass is 357 g/mol. The number of aromatic nitrogens is 6. The van der Waals surface area contributed by atoms with Crippen LogP contribution < -0.4 is 5.32 Å². The molecule has 0 fully saturated rings. The molecule has 1 N–H and O–H groups in total. The molecule has 0 spiro atoms. The van der Waals surface area contributed by atoms with Crippen LogP contribution in [0.3, 0.4) is 0 Å². The van der Waals surface area contributed by atoms with Crippen LogP contribution in [0.15, 0.2) is 24.3 Å². The Morgan fingerprint density at radius 3 is 2.58 bits per heavy atom. The molecule has 1 aromatic carbocycles. The number of rotatable bonds is 6. The van der Waals surface area contributed by atoms with Gasteiger partial charge in [-0.1, -0.05) is 0 Å². The smallest absolute Gasteiger partial charge is 0.222 e. The van der Waals surface area contributed by atoms with Gasteiger partial charge in [0.25, 0.3) is 0 Å². The normalized spacial score (nSPS) is 10.9. The van der Waals surface area contributed by atoms with Crippen molar-refractivity contribution >= 4 is 5.91 Å². The van der Waals surface area contributed by atoms with Crippen molar-refractivity contribution in [2.24, 2.45) is 0 Å². The predicted octanol–water partition coefficient (Wildman–Crippen LogP) is 1.63. The minimum Gasteiger partial charge on any atom is -0.352 e. The number of hydrogen-bond donors (Lipinski definition) is 1. The van der Waals surface area contributed by atoms with E-state index in [4.69, 9.17) is 0 Å². The maximum absolute atomic E-state index is 13.1. The minimum atomic E-state index is -0.291. The van der Waals surface area contributed by atoms with Gasteiger partial charge in [-0.15, -0.1) is 5.10 Å². The van der Waals surface area contributed by atoms with Gasteiger partial charge in [-0.3, -0.25) is 4.79 Å². The molecule has 0 unspecified atom stereocenters. The largest absolute Gasteiger partial charge is 0.352 e. The van der Waals surface area contributed by atoms with E-state index in [1.807, 2.05) is 13.8 Å². The highest BCUT2D eigenvalue weighted by Crippen LogP contribution is 2.18. The molecule has 0 bridgehead atoms. The van der Waals surface area contributed by atoms with Gasteiger partial charge in [0.1, 0.15) is 11.6 Å². The van der Waals surface area contributed by atoms with Crippen LogP contribution in [0.1, 0.15) is 29.2 Å². The third-order valence-electron chi connectivity index (χ3n) is 4.24. The van der Waals surface area contributed by atoms with Gasteiger partial charge in [-0.2, -0.15) is 5.10 Å². The standard InChI is InChI=1S/C17H20FN7O/c1-11-16(10-19-17(26)8-9-24-13(3)20-22-23-24)12(2)25(21-11)15-6-4-14(18)5-7-15/h4-7H,8-10H2,1-3H3,(H,19,26). The van der Waals surface area contributed by atoms with Gasteiger partial charge in [0.05, 0.1) is 17.9 Å². The highest BCUT2D eigenvalue weighted by Gasteiger charge is 2.14. The summed E-state index contributed by atoms with van der Waals surface area (Å²) in [6, 6.07) is 6.14. The average molecular weight is 357 g/mol. The van der Waals surface area contributed by atoms with Crippen LogP contribution in [-0.4, -0.2) is 35.9 Å². The highest BCUT2D eigenvalue weighted by molar-refractivity contribution is 5.75. The van der Waals surface area contributed by atoms with Crippen LogP contribution in [0.5, 0.6) is 0 Å². The van der Waals surface area contributed by atoms with Crippen molar-refractivity contribution in [1.82, 2.24) is 35.3 Å². The first kappa shape index (κ1) is 17.7. The Bertz CT molecular complexity index is 914. The maximum atomic E-state index is 13.1. The number of halogens is 1. The molecule has 136 valence electrons. The Morgan fingerprint density at radius 1 is 1.19 bits per heavy atom. The first-order valence-corrected chi connectivity index (χ1v) is 8.26. The van der Waals surface area contributed by atoms with Crippen LogP contribution in [0.4, 0.5) is 4.39 Å². The van der Waals surface area contributed by atoms with Crippen molar-refractivity contribution in [3.8, 4) is 5.69 Å². The predicted molar refractivity (Wildman–Crippen MR) is 92.0 cm³/mol. The van der Waals surface area contributed by atoms with Crippen LogP contribution in [-0.2, 0) is 17.9 Å². The summed E-state index contributed by atoms with van der Waals surface area (Å²) in [5.74, 6) is 0.291. The van der Waals surface area contributed by atoms with E-state index < -0.39 is 0 Å². The maximum Gasteiger partial charge on any atom is 0.222 e. The molecule has 3 rings (SSSR count). The molecule has 0 radical (unpaired) electrons. The SMILES string of the molecule is Cc1nn(-c2ccc(F)cc2)c(C)c1CNC(=O)CCn1nnnc1C. The number of nitrogens with zero attached hydrogens (tertiary/aromatic N) is 6. The molecule has 26 heavy (non-hydrogen) atoms. The molecule has 2 aromatic heterocycles. The number of amides is 1. The number of aryl methyl sites for hydroxylation is 3. The van der Waals surface area contributed by atoms with Crippen molar-refractivity contribution in [3.05, 3.63) is 52.9 Å². The molecule has 1 amide bonds. The topological polar surface area (TPSA) is 90.5 Å². The summed E-state index contributed by atoms with van der Waals surface area (Å²) in [6.07, 6.45) is 0.288. The molecular formula is C17H20FN7O. The number of carbonyl (C=O) groups is 1. The molecule has 3 aromatic rings. The summed E-state index contributed by atoms with van der Waals surface area (Å²) < 4.78 is 16.4. The molecule has 0 saturated heterocycles. The lowest BCUT2D eigenvalue weighted by atomic mass is 10.2. The molecule has 2 heterocycles. The van der Waals surface area contributed by atoms with Crippen LogP contribution in [0, 0.1) is 26.6 Å². The summed E-state index contributed by atoms with van der Waals surface area (Å²) in [6.45, 7) is 6.41. The second-order valence-electron chi connectivity index (χ2n) is 6.01. The van der Waals surface area contributed by atoms with Crippen molar-refractivity contribution in [3.63, 3.8) is 0 Å². The third-order valence-corrected chi connectivity index (χ3v) is 4.24. The lowest BCUT2D eigenvalue weighted by molar-refractivity contribution is -0.121. The molecule has 0 aliphatic rings. The first-order chi connectivity index (χ1) is 12.5. The summed E-state index contributed by atoms with van der Waals surface area (Å²) in [5.41, 5.74) is 3.45. The van der Waals surface area contributed by atoms with Crippen molar-refractivity contribution in [2.75, 3.05) is 0 Å². The van der Waals surface area contributed by atoms with Crippen molar-refractivity contribution in [1.29, 1.82) is 0 Å². The zero-order valence-corrected chi connectivity index (χ0v) is 14.9. The van der Waals surface area contributed by atoms with Crippen molar-refractivity contribution < 1.29 is 9.18 Å². The molecule has 0 aliphatic carbocycles. The van der Waals surface area contributed by atoms with E-state index in [-0.39, 0.29) is 18.1 Å². The molecule has 0 atom stereocenters. The Balaban J connectivity index is 1.64. The van der Waals surface area contributed by atoms with Gasteiger partial charge < -0.3 is 5.32 Å². The van der Waals surface area contributed by atoms with E-state index in [1.54, 1.807) is 28.4 Å². The van der Waals surface area contributed by atoms with Gasteiger partial charge in [0.2, 0.25) is 5.91 Å². The van der Waals surface area contributed by atoms with Crippen LogP contribution >= 0.6 is 0 Å². The van der Waals surface area contributed by atoms with Crippen LogP contribution in [0.25, 0.3) is 5.69 Å². The van der Waals surface area contributed by atoms with E-state index in [2.05, 4.69) is 25.9 Å². The second-order valence-corrected chi connectivity index (χ2v) is 6.01. The number of hydrogen-bond acceptors (Lipinski definition) is 5. The zero-order valence-electron chi connectivity index (χ0n) is 14.9. The summed E-state index contributed by atoms with van der Waals surface area (Å²) >= 11 is 0. The third kappa shape index (κ3) is 3.76. The summed E-state index contributed by atoms with van der Waals surface area (Å²) in [4.78, 5) is 12.1. The van der Waals surface area contributed by atoms with Gasteiger partial charge >= 0.3 is 0 Å². The Hall–Kier alpha value is -3.10. The minimum absolute atomic E-state index is 0.0896. The quantitative estimate of drug-likeness (QED) is 0.724. The van der Waals surface area contributed by atoms with Gasteiger partial charge in [0, 0.05) is 24.2 Å². The fraction of sp³-hybridized carbons (Fsp3) is 0.353. The lowest BCUT2D eigenvalue weighted by Crippen LogP contribution is -2.25. The van der Waals surface area contributed by atoms with Gasteiger partial charge in [-0.05, 0) is 55.5 Å². The fourth-order valence-corrected chi connectivity index (χ4v) is 2.70. The van der Waals surface area contributed by atoms with E-state index in [0.29, 0.717) is 18.9 Å². The second kappa shape index (κ2) is 7.42. The number of nitrogens with one attached hydrogen (secondary N) is 1. The Labute approximate surface area is 150 Å². The number of benzene rings is 1. The van der Waals surface area contributed by atoms with E-state index in [0.717, 1.165) is 22.6 Å². The fourth-order valence-electron chi connectivity index (χ4n) is 2.70. The number of tetrazole rings is 1. The average Bonchev–Trinajstić information content (AvgIpc) is 3.15. The van der Waals surface area contributed by atoms with E-state index in [1.165, 1.54) is 12.1 Å². The molecular weight excluding hydrogens is 337 g/mol. The van der Waals surface area contributed by atoms with Crippen LogP contribution in [0.2, 0.25) is 0 Å². The first-order valence-electron chi connectivity index (χ1n) is 8.26. The highest BCUT2D eigenvalue weighted by atomic mass is 19.1. The molecule has 8 nitrogen and oxygen atoms in total. The molecule has 0 aliphatic heterocycles. The van der Waals surface area contributed by atoms with Crippen molar-refractivity contribution in [2.45, 2.75) is 40.3 Å².